The average Bonchev–Trinajstić information content (AvgIpc) is 3.17. The molecule has 5 atom stereocenters. The van der Waals surface area contributed by atoms with Crippen molar-refractivity contribution in [2.24, 2.45) is 23.7 Å². The molecule has 4 bridgehead atoms. The number of urea groups is 1. The number of hydrogen-bond acceptors (Lipinski definition) is 5. The van der Waals surface area contributed by atoms with Gasteiger partial charge in [0.1, 0.15) is 0 Å². The number of aliphatic hydroxyl groups excluding tert-OH is 1. The number of benzene rings is 4. The van der Waals surface area contributed by atoms with Gasteiger partial charge in [0.2, 0.25) is 0 Å². The van der Waals surface area contributed by atoms with Crippen LogP contribution in [-0.4, -0.2) is 41.3 Å². The molecule has 1 heterocycles. The Bertz CT molecular complexity index is 1810. The summed E-state index contributed by atoms with van der Waals surface area (Å²) in [6.07, 6.45) is 6.77. The van der Waals surface area contributed by atoms with Gasteiger partial charge < -0.3 is 25.2 Å². The molecule has 1 saturated heterocycles. The summed E-state index contributed by atoms with van der Waals surface area (Å²) in [5, 5.41) is 16.3. The quantitative estimate of drug-likeness (QED) is 0.145. The molecule has 5 unspecified atom stereocenters. The predicted molar refractivity (Wildman–Crippen MR) is 209 cm³/mol. The highest BCUT2D eigenvalue weighted by atomic mass is 16.7. The molecule has 5 aliphatic rings. The van der Waals surface area contributed by atoms with E-state index in [1.165, 1.54) is 24.8 Å². The summed E-state index contributed by atoms with van der Waals surface area (Å²) in [6, 6.07) is 35.8. The summed E-state index contributed by atoms with van der Waals surface area (Å²) in [4.78, 5) is 15.5. The lowest BCUT2D eigenvalue weighted by Crippen LogP contribution is -2.61. The normalized spacial score (nSPS) is 29.6. The van der Waals surface area contributed by atoms with E-state index in [1.54, 1.807) is 0 Å². The van der Waals surface area contributed by atoms with E-state index in [2.05, 4.69) is 127 Å². The largest absolute Gasteiger partial charge is 0.392 e. The van der Waals surface area contributed by atoms with Crippen LogP contribution in [0.15, 0.2) is 103 Å². The number of carbonyl (C=O) groups is 1. The molecule has 1 aliphatic heterocycles. The second-order valence-corrected chi connectivity index (χ2v) is 16.7. The van der Waals surface area contributed by atoms with Gasteiger partial charge in [-0.15, -0.1) is 0 Å². The van der Waals surface area contributed by atoms with E-state index in [9.17, 15) is 9.90 Å². The topological polar surface area (TPSA) is 83.1 Å². The minimum Gasteiger partial charge on any atom is -0.392 e. The maximum absolute atomic E-state index is 13.1. The van der Waals surface area contributed by atoms with Crippen molar-refractivity contribution in [2.45, 2.75) is 95.6 Å². The van der Waals surface area contributed by atoms with Crippen LogP contribution in [-0.2, 0) is 22.6 Å². The van der Waals surface area contributed by atoms with Crippen molar-refractivity contribution >= 4 is 6.03 Å². The first-order valence-corrected chi connectivity index (χ1v) is 19.8. The Balaban J connectivity index is 0.944. The van der Waals surface area contributed by atoms with Gasteiger partial charge in [0.25, 0.3) is 0 Å². The Kier molecular flexibility index (Phi) is 10.4. The lowest BCUT2D eigenvalue weighted by molar-refractivity contribution is -0.276. The second-order valence-electron chi connectivity index (χ2n) is 16.7. The highest BCUT2D eigenvalue weighted by molar-refractivity contribution is 5.75. The fourth-order valence-corrected chi connectivity index (χ4v) is 10.2. The van der Waals surface area contributed by atoms with Gasteiger partial charge in [0.05, 0.1) is 18.8 Å². The zero-order chi connectivity index (χ0) is 36.5. The fraction of sp³-hybridized carbons (Fsp3) is 0.457. The molecule has 4 aromatic rings. The van der Waals surface area contributed by atoms with Crippen LogP contribution in [0.2, 0.25) is 0 Å². The molecule has 0 radical (unpaired) electrons. The molecule has 4 aromatic carbocycles. The SMILES string of the molecule is CC1C(CN(C)C(C)c2ccccc2)OC(c2ccc(-c3cccc(CNC(=O)NC45CC6CC(CC(C6)C4)C5)c3)cc2)OC1c1ccc(CO)cc1. The van der Waals surface area contributed by atoms with Crippen molar-refractivity contribution in [3.05, 3.63) is 131 Å². The molecule has 4 aliphatic carbocycles. The molecular weight excluding hydrogens is 659 g/mol. The number of aliphatic hydroxyl groups is 1. The van der Waals surface area contributed by atoms with E-state index in [0.29, 0.717) is 6.54 Å². The lowest BCUT2D eigenvalue weighted by atomic mass is 9.53. The summed E-state index contributed by atoms with van der Waals surface area (Å²) in [6.45, 7) is 5.71. The van der Waals surface area contributed by atoms with E-state index in [1.807, 2.05) is 12.1 Å². The number of ether oxygens (including phenoxy) is 2. The van der Waals surface area contributed by atoms with Gasteiger partial charge in [0.15, 0.2) is 6.29 Å². The van der Waals surface area contributed by atoms with E-state index in [-0.39, 0.29) is 42.3 Å². The van der Waals surface area contributed by atoms with Crippen LogP contribution >= 0.6 is 0 Å². The number of likely N-dealkylation sites (N-methyl/N-ethyl adjacent to an activating group) is 1. The van der Waals surface area contributed by atoms with Crippen LogP contribution in [0, 0.1) is 23.7 Å². The van der Waals surface area contributed by atoms with Crippen molar-refractivity contribution in [1.82, 2.24) is 15.5 Å². The monoisotopic (exact) mass is 713 g/mol. The zero-order valence-electron chi connectivity index (χ0n) is 31.4. The van der Waals surface area contributed by atoms with Gasteiger partial charge in [-0.2, -0.15) is 0 Å². The minimum atomic E-state index is -0.531. The van der Waals surface area contributed by atoms with Crippen molar-refractivity contribution in [3.63, 3.8) is 0 Å². The van der Waals surface area contributed by atoms with E-state index in [0.717, 1.165) is 76.9 Å². The third kappa shape index (κ3) is 7.95. The Morgan fingerprint density at radius 3 is 2.13 bits per heavy atom. The molecule has 2 amide bonds. The number of nitrogens with one attached hydrogen (secondary N) is 2. The van der Waals surface area contributed by atoms with Crippen LogP contribution in [0.3, 0.4) is 0 Å². The molecule has 3 N–H and O–H groups in total. The van der Waals surface area contributed by atoms with Crippen LogP contribution in [0.25, 0.3) is 11.1 Å². The van der Waals surface area contributed by atoms with Crippen molar-refractivity contribution in [2.75, 3.05) is 13.6 Å². The Morgan fingerprint density at radius 2 is 1.47 bits per heavy atom. The maximum atomic E-state index is 13.1. The van der Waals surface area contributed by atoms with Gasteiger partial charge >= 0.3 is 6.03 Å². The minimum absolute atomic E-state index is 0.00725. The summed E-state index contributed by atoms with van der Waals surface area (Å²) in [5.74, 6) is 2.49. The van der Waals surface area contributed by atoms with Gasteiger partial charge in [-0.3, -0.25) is 4.90 Å². The Labute approximate surface area is 315 Å². The van der Waals surface area contributed by atoms with Crippen LogP contribution in [0.1, 0.15) is 98.6 Å². The van der Waals surface area contributed by atoms with Crippen molar-refractivity contribution < 1.29 is 19.4 Å². The average molecular weight is 714 g/mol. The first kappa shape index (κ1) is 36.0. The molecule has 5 fully saturated rings. The summed E-state index contributed by atoms with van der Waals surface area (Å²) in [5.41, 5.74) is 7.50. The third-order valence-corrected chi connectivity index (χ3v) is 12.8. The molecule has 4 saturated carbocycles. The summed E-state index contributed by atoms with van der Waals surface area (Å²) >= 11 is 0. The molecular formula is C46H55N3O4. The molecule has 53 heavy (non-hydrogen) atoms. The number of carbonyl (C=O) groups excluding carboxylic acids is 1. The van der Waals surface area contributed by atoms with Crippen LogP contribution in [0.4, 0.5) is 4.79 Å². The molecule has 9 rings (SSSR count). The molecule has 7 heteroatoms. The highest BCUT2D eigenvalue weighted by Gasteiger charge is 2.51. The zero-order valence-corrected chi connectivity index (χ0v) is 31.4. The predicted octanol–water partition coefficient (Wildman–Crippen LogP) is 9.10. The van der Waals surface area contributed by atoms with Gasteiger partial charge in [-0.05, 0) is 110 Å². The van der Waals surface area contributed by atoms with E-state index >= 15 is 0 Å². The number of rotatable bonds is 11. The van der Waals surface area contributed by atoms with Gasteiger partial charge in [-0.25, -0.2) is 4.79 Å². The van der Waals surface area contributed by atoms with E-state index in [4.69, 9.17) is 9.47 Å². The molecule has 0 aromatic heterocycles. The van der Waals surface area contributed by atoms with E-state index < -0.39 is 6.29 Å². The fourth-order valence-electron chi connectivity index (χ4n) is 10.2. The summed E-state index contributed by atoms with van der Waals surface area (Å²) < 4.78 is 13.6. The Morgan fingerprint density at radius 1 is 0.811 bits per heavy atom. The van der Waals surface area contributed by atoms with Crippen LogP contribution < -0.4 is 10.6 Å². The number of nitrogens with zero attached hydrogens (tertiary/aromatic N) is 1. The standard InChI is InChI=1S/C46H55N3O4/c1-30-42(28-49(3)31(2)37-9-5-4-6-10-37)52-44(53-43(30)39-14-12-32(29-50)13-15-39)40-18-16-38(17-19-40)41-11-7-8-33(23-41)27-47-45(51)48-46-24-34-20-35(25-46)22-36(21-34)26-46/h4-19,23,30-31,34-36,42-44,50H,20-22,24-29H2,1-3H3,(H2,47,48,51). The van der Waals surface area contributed by atoms with Gasteiger partial charge in [-0.1, -0.05) is 104 Å². The van der Waals surface area contributed by atoms with Gasteiger partial charge in [0, 0.05) is 36.2 Å². The molecule has 278 valence electrons. The lowest BCUT2D eigenvalue weighted by Gasteiger charge is -2.56. The number of amides is 2. The number of hydrogen-bond donors (Lipinski definition) is 3. The highest BCUT2D eigenvalue weighted by Crippen LogP contribution is 2.55. The van der Waals surface area contributed by atoms with Crippen LogP contribution in [0.5, 0.6) is 0 Å². The first-order valence-electron chi connectivity index (χ1n) is 19.8. The first-order chi connectivity index (χ1) is 25.7. The Hall–Kier alpha value is -4.01. The smallest absolute Gasteiger partial charge is 0.315 e. The van der Waals surface area contributed by atoms with Crippen molar-refractivity contribution in [3.8, 4) is 11.1 Å². The molecule has 7 nitrogen and oxygen atoms in total. The summed E-state index contributed by atoms with van der Waals surface area (Å²) in [7, 11) is 2.16. The second kappa shape index (κ2) is 15.4. The molecule has 0 spiro atoms. The maximum Gasteiger partial charge on any atom is 0.315 e. The van der Waals surface area contributed by atoms with Crippen molar-refractivity contribution in [1.29, 1.82) is 0 Å². The third-order valence-electron chi connectivity index (χ3n) is 12.8.